The first-order valence-electron chi connectivity index (χ1n) is 2.25. The van der Waals surface area contributed by atoms with Gasteiger partial charge in [0.2, 0.25) is 0 Å². The molecule has 0 aliphatic rings. The van der Waals surface area contributed by atoms with Crippen LogP contribution in [-0.2, 0) is 4.74 Å². The van der Waals surface area contributed by atoms with Gasteiger partial charge in [-0.25, -0.2) is 0 Å². The van der Waals surface area contributed by atoms with Crippen LogP contribution in [0.3, 0.4) is 0 Å². The summed E-state index contributed by atoms with van der Waals surface area (Å²) in [5.74, 6) is 0. The maximum Gasteiger partial charge on any atom is 1.00 e. The van der Waals surface area contributed by atoms with Gasteiger partial charge in [0.15, 0.2) is 0 Å². The summed E-state index contributed by atoms with van der Waals surface area (Å²) in [5.41, 5.74) is -0.922. The summed E-state index contributed by atoms with van der Waals surface area (Å²) in [7, 11) is 1.53. The molecule has 1 radical (unpaired) electrons. The number of methoxy groups -OCH3 is 1. The molecule has 0 aromatic heterocycles. The van der Waals surface area contributed by atoms with Crippen molar-refractivity contribution in [3.8, 4) is 0 Å². The second-order valence-electron chi connectivity index (χ2n) is 2.19. The van der Waals surface area contributed by atoms with E-state index in [-0.39, 0.29) is 87.5 Å². The monoisotopic (exact) mass is 165 g/mol. The van der Waals surface area contributed by atoms with E-state index >= 15 is 0 Å². The molecule has 0 aliphatic carbocycles. The van der Waals surface area contributed by atoms with Gasteiger partial charge in [-0.05, 0) is 0 Å². The summed E-state index contributed by atoms with van der Waals surface area (Å²) in [6.45, 7) is 3.47. The minimum absolute atomic E-state index is 0. The van der Waals surface area contributed by atoms with Gasteiger partial charge >= 0.3 is 51.4 Å². The largest absolute Gasteiger partial charge is 1.00 e. The fourth-order valence-electron chi connectivity index (χ4n) is 0.348. The van der Waals surface area contributed by atoms with Gasteiger partial charge in [0, 0.05) is 43.3 Å². The zero-order chi connectivity index (χ0) is 5.91. The average Bonchev–Trinajstić information content (AvgIpc) is 1.30. The minimum Gasteiger partial charge on any atom is -0.848 e. The molecule has 0 saturated carbocycles. The molecule has 0 aliphatic heterocycles. The van der Waals surface area contributed by atoms with Crippen LogP contribution in [0.5, 0.6) is 0 Å². The smallest absolute Gasteiger partial charge is 0.848 e. The molecule has 4 heteroatoms. The minimum atomic E-state index is -0.922. The Hall–Kier alpha value is 2.56. The Labute approximate surface area is 121 Å². The molecule has 0 spiro atoms. The number of hydrogen-bond donors (Lipinski definition) is 0. The predicted octanol–water partition coefficient (Wildman–Crippen LogP) is -3.61. The first-order chi connectivity index (χ1) is 3.06. The van der Waals surface area contributed by atoms with Gasteiger partial charge in [0.05, 0.1) is 0 Å². The van der Waals surface area contributed by atoms with Gasteiger partial charge in [0.25, 0.3) is 0 Å². The Morgan fingerprint density at radius 2 is 1.78 bits per heavy atom. The van der Waals surface area contributed by atoms with Crippen LogP contribution in [0.25, 0.3) is 0 Å². The molecule has 2 nitrogen and oxygen atoms in total. The Kier molecular flexibility index (Phi) is 16.9. The third kappa shape index (κ3) is 18.0. The van der Waals surface area contributed by atoms with Crippen LogP contribution < -0.4 is 56.5 Å². The van der Waals surface area contributed by atoms with Gasteiger partial charge in [-0.1, -0.05) is 19.4 Å². The van der Waals surface area contributed by atoms with Crippen molar-refractivity contribution in [3.63, 3.8) is 0 Å². The fourth-order valence-corrected chi connectivity index (χ4v) is 0.348. The molecule has 9 heavy (non-hydrogen) atoms. The standard InChI is InChI=1S/C5H11O2.K.Na/c1-5(2,6)4-7-3;;/h4H2,1-3H3;;/q-1;+1;. The van der Waals surface area contributed by atoms with Gasteiger partial charge in [-0.3, -0.25) is 0 Å². The second-order valence-corrected chi connectivity index (χ2v) is 2.19. The summed E-state index contributed by atoms with van der Waals surface area (Å²) < 4.78 is 4.59. The van der Waals surface area contributed by atoms with Gasteiger partial charge < -0.3 is 9.84 Å². The zero-order valence-corrected chi connectivity index (χ0v) is 12.1. The van der Waals surface area contributed by atoms with Crippen molar-refractivity contribution in [2.45, 2.75) is 19.4 Å². The third-order valence-corrected chi connectivity index (χ3v) is 0.492. The van der Waals surface area contributed by atoms with Crippen molar-refractivity contribution in [2.75, 3.05) is 13.7 Å². The van der Waals surface area contributed by atoms with Crippen molar-refractivity contribution in [1.82, 2.24) is 0 Å². The normalized spacial score (nSPS) is 9.33. The molecule has 0 unspecified atom stereocenters. The van der Waals surface area contributed by atoms with Crippen LogP contribution in [0.1, 0.15) is 13.8 Å². The molecule has 0 bridgehead atoms. The van der Waals surface area contributed by atoms with Crippen molar-refractivity contribution < 1.29 is 61.2 Å². The van der Waals surface area contributed by atoms with E-state index in [0.717, 1.165) is 0 Å². The van der Waals surface area contributed by atoms with Crippen molar-refractivity contribution >= 4 is 29.6 Å². The molecule has 0 atom stereocenters. The maximum atomic E-state index is 10.6. The molecule has 0 amide bonds. The average molecular weight is 165 g/mol. The molecular formula is C5H11KNaO2. The first kappa shape index (κ1) is 17.6. The summed E-state index contributed by atoms with van der Waals surface area (Å²) in [5, 5.41) is 10.6. The van der Waals surface area contributed by atoms with E-state index in [2.05, 4.69) is 4.74 Å². The summed E-state index contributed by atoms with van der Waals surface area (Å²) in [4.78, 5) is 0. The Balaban J connectivity index is -0.000000180. The fraction of sp³-hybridized carbons (Fsp3) is 1.00. The SMILES string of the molecule is COCC(C)(C)[O-].[K+].[Na]. The molecule has 0 saturated heterocycles. The van der Waals surface area contributed by atoms with E-state index < -0.39 is 5.60 Å². The third-order valence-electron chi connectivity index (χ3n) is 0.492. The molecule has 0 aromatic carbocycles. The summed E-state index contributed by atoms with van der Waals surface area (Å²) in [6, 6.07) is 0. The van der Waals surface area contributed by atoms with Crippen LogP contribution in [0.2, 0.25) is 0 Å². The Morgan fingerprint density at radius 3 is 1.78 bits per heavy atom. The zero-order valence-electron chi connectivity index (χ0n) is 7.02. The van der Waals surface area contributed by atoms with Gasteiger partial charge in [0.1, 0.15) is 0 Å². The van der Waals surface area contributed by atoms with Gasteiger partial charge in [-0.2, -0.15) is 0 Å². The quantitative estimate of drug-likeness (QED) is 0.396. The molecule has 45 valence electrons. The van der Waals surface area contributed by atoms with Crippen molar-refractivity contribution in [1.29, 1.82) is 0 Å². The molecule has 0 fully saturated rings. The topological polar surface area (TPSA) is 32.3 Å². The van der Waals surface area contributed by atoms with Crippen molar-refractivity contribution in [3.05, 3.63) is 0 Å². The van der Waals surface area contributed by atoms with Crippen molar-refractivity contribution in [2.24, 2.45) is 0 Å². The van der Waals surface area contributed by atoms with Crippen LogP contribution in [0.15, 0.2) is 0 Å². The summed E-state index contributed by atoms with van der Waals surface area (Å²) >= 11 is 0. The number of hydrogen-bond acceptors (Lipinski definition) is 2. The predicted molar refractivity (Wildman–Crippen MR) is 31.7 cm³/mol. The molecule has 0 aromatic rings. The molecule has 0 rings (SSSR count). The van der Waals surface area contributed by atoms with Crippen LogP contribution in [-0.4, -0.2) is 48.9 Å². The second kappa shape index (κ2) is 8.65. The molecule has 0 N–H and O–H groups in total. The molecule has 0 heterocycles. The van der Waals surface area contributed by atoms with E-state index in [9.17, 15) is 5.11 Å². The Bertz CT molecular complexity index is 53.4. The molecular weight excluding hydrogens is 154 g/mol. The number of ether oxygens (including phenoxy) is 1. The van der Waals surface area contributed by atoms with Crippen LogP contribution in [0, 0.1) is 0 Å². The van der Waals surface area contributed by atoms with E-state index in [1.54, 1.807) is 13.8 Å². The van der Waals surface area contributed by atoms with E-state index in [0.29, 0.717) is 0 Å². The van der Waals surface area contributed by atoms with E-state index in [1.807, 2.05) is 0 Å². The van der Waals surface area contributed by atoms with Crippen LogP contribution >= 0.6 is 0 Å². The van der Waals surface area contributed by atoms with E-state index in [4.69, 9.17) is 0 Å². The van der Waals surface area contributed by atoms with E-state index in [1.165, 1.54) is 7.11 Å². The summed E-state index contributed by atoms with van der Waals surface area (Å²) in [6.07, 6.45) is 0. The van der Waals surface area contributed by atoms with Gasteiger partial charge in [-0.15, -0.1) is 0 Å². The number of rotatable bonds is 2. The van der Waals surface area contributed by atoms with Crippen LogP contribution in [0.4, 0.5) is 0 Å². The first-order valence-corrected chi connectivity index (χ1v) is 2.25. The maximum absolute atomic E-state index is 10.6. The Morgan fingerprint density at radius 1 is 1.44 bits per heavy atom.